The Balaban J connectivity index is 2.27. The normalized spacial score (nSPS) is 12.5. The molecule has 2 aromatic rings. The SMILES string of the molecule is CC(N)c1cc(Br)ccc1Sc1nnc(N(C)C)s1. The van der Waals surface area contributed by atoms with Crippen molar-refractivity contribution in [2.45, 2.75) is 22.2 Å². The summed E-state index contributed by atoms with van der Waals surface area (Å²) in [6.07, 6.45) is 0. The molecule has 0 aliphatic heterocycles. The maximum atomic E-state index is 6.02. The summed E-state index contributed by atoms with van der Waals surface area (Å²) >= 11 is 6.66. The second kappa shape index (κ2) is 6.21. The second-order valence-electron chi connectivity index (χ2n) is 4.32. The molecule has 0 bridgehead atoms. The summed E-state index contributed by atoms with van der Waals surface area (Å²) in [5.41, 5.74) is 7.13. The van der Waals surface area contributed by atoms with Gasteiger partial charge in [-0.15, -0.1) is 10.2 Å². The quantitative estimate of drug-likeness (QED) is 0.905. The van der Waals surface area contributed by atoms with Gasteiger partial charge in [-0.05, 0) is 30.7 Å². The highest BCUT2D eigenvalue weighted by Crippen LogP contribution is 2.37. The Morgan fingerprint density at radius 3 is 2.68 bits per heavy atom. The first-order valence-corrected chi connectivity index (χ1v) is 8.13. The van der Waals surface area contributed by atoms with Crippen LogP contribution in [0.4, 0.5) is 5.13 Å². The molecule has 19 heavy (non-hydrogen) atoms. The fourth-order valence-electron chi connectivity index (χ4n) is 1.49. The van der Waals surface area contributed by atoms with Crippen molar-refractivity contribution < 1.29 is 0 Å². The standard InChI is InChI=1S/C12H15BrN4S2/c1-7(14)9-6-8(13)4-5-10(9)18-12-16-15-11(19-12)17(2)3/h4-7H,14H2,1-3H3. The molecule has 1 heterocycles. The van der Waals surface area contributed by atoms with Crippen molar-refractivity contribution in [1.82, 2.24) is 10.2 Å². The van der Waals surface area contributed by atoms with Crippen LogP contribution >= 0.6 is 39.0 Å². The van der Waals surface area contributed by atoms with E-state index in [2.05, 4.69) is 38.3 Å². The third-order valence-electron chi connectivity index (χ3n) is 2.44. The third kappa shape index (κ3) is 3.68. The average Bonchev–Trinajstić information content (AvgIpc) is 2.80. The first-order valence-electron chi connectivity index (χ1n) is 5.71. The molecule has 0 saturated carbocycles. The van der Waals surface area contributed by atoms with Crippen LogP contribution in [-0.4, -0.2) is 24.3 Å². The van der Waals surface area contributed by atoms with E-state index in [0.717, 1.165) is 24.4 Å². The molecule has 0 saturated heterocycles. The topological polar surface area (TPSA) is 55.0 Å². The summed E-state index contributed by atoms with van der Waals surface area (Å²) in [4.78, 5) is 3.08. The van der Waals surface area contributed by atoms with Crippen LogP contribution in [0.2, 0.25) is 0 Å². The van der Waals surface area contributed by atoms with E-state index in [4.69, 9.17) is 5.73 Å². The molecule has 2 rings (SSSR count). The first kappa shape index (κ1) is 14.8. The fraction of sp³-hybridized carbons (Fsp3) is 0.333. The monoisotopic (exact) mass is 358 g/mol. The lowest BCUT2D eigenvalue weighted by Gasteiger charge is -2.11. The lowest BCUT2D eigenvalue weighted by Crippen LogP contribution is -2.07. The summed E-state index contributed by atoms with van der Waals surface area (Å²) in [7, 11) is 3.92. The maximum absolute atomic E-state index is 6.02. The van der Waals surface area contributed by atoms with E-state index in [-0.39, 0.29) is 6.04 Å². The van der Waals surface area contributed by atoms with Gasteiger partial charge < -0.3 is 10.6 Å². The molecule has 2 N–H and O–H groups in total. The molecule has 0 amide bonds. The summed E-state index contributed by atoms with van der Waals surface area (Å²) in [5.74, 6) is 0. The van der Waals surface area contributed by atoms with E-state index in [0.29, 0.717) is 0 Å². The number of nitrogens with zero attached hydrogens (tertiary/aromatic N) is 3. The molecule has 7 heteroatoms. The molecule has 1 unspecified atom stereocenters. The van der Waals surface area contributed by atoms with Crippen LogP contribution in [0.5, 0.6) is 0 Å². The Morgan fingerprint density at radius 2 is 2.11 bits per heavy atom. The summed E-state index contributed by atoms with van der Waals surface area (Å²) in [6.45, 7) is 1.98. The van der Waals surface area contributed by atoms with Gasteiger partial charge in [0.1, 0.15) is 0 Å². The Labute approximate surface area is 129 Å². The van der Waals surface area contributed by atoms with Crippen LogP contribution in [0.15, 0.2) is 31.9 Å². The van der Waals surface area contributed by atoms with Gasteiger partial charge in [0.05, 0.1) is 0 Å². The van der Waals surface area contributed by atoms with Gasteiger partial charge in [-0.25, -0.2) is 0 Å². The number of aromatic nitrogens is 2. The van der Waals surface area contributed by atoms with E-state index >= 15 is 0 Å². The molecule has 0 aliphatic rings. The van der Waals surface area contributed by atoms with E-state index in [9.17, 15) is 0 Å². The number of anilines is 1. The van der Waals surface area contributed by atoms with Crippen LogP contribution < -0.4 is 10.6 Å². The number of halogens is 1. The maximum Gasteiger partial charge on any atom is 0.208 e. The molecule has 0 aliphatic carbocycles. The zero-order valence-corrected chi connectivity index (χ0v) is 14.1. The lowest BCUT2D eigenvalue weighted by molar-refractivity contribution is 0.796. The number of hydrogen-bond acceptors (Lipinski definition) is 6. The van der Waals surface area contributed by atoms with Gasteiger partial charge in [0, 0.05) is 29.5 Å². The minimum atomic E-state index is -0.0127. The van der Waals surface area contributed by atoms with Gasteiger partial charge in [0.2, 0.25) is 5.13 Å². The van der Waals surface area contributed by atoms with Crippen molar-refractivity contribution in [1.29, 1.82) is 0 Å². The summed E-state index contributed by atoms with van der Waals surface area (Å²) < 4.78 is 1.96. The first-order chi connectivity index (χ1) is 8.97. The van der Waals surface area contributed by atoms with Gasteiger partial charge in [0.25, 0.3) is 0 Å². The highest BCUT2D eigenvalue weighted by Gasteiger charge is 2.12. The van der Waals surface area contributed by atoms with Gasteiger partial charge in [-0.2, -0.15) is 0 Å². The highest BCUT2D eigenvalue weighted by molar-refractivity contribution is 9.10. The van der Waals surface area contributed by atoms with E-state index in [1.807, 2.05) is 32.0 Å². The second-order valence-corrected chi connectivity index (χ2v) is 7.48. The smallest absolute Gasteiger partial charge is 0.208 e. The van der Waals surface area contributed by atoms with Gasteiger partial charge in [-0.3, -0.25) is 0 Å². The fourth-order valence-corrected chi connectivity index (χ4v) is 3.80. The summed E-state index contributed by atoms with van der Waals surface area (Å²) in [6, 6.07) is 6.12. The molecule has 1 aromatic heterocycles. The minimum absolute atomic E-state index is 0.0127. The van der Waals surface area contributed by atoms with Crippen LogP contribution in [-0.2, 0) is 0 Å². The molecule has 102 valence electrons. The predicted octanol–water partition coefficient (Wildman–Crippen LogP) is 3.54. The number of hydrogen-bond donors (Lipinski definition) is 1. The Hall–Kier alpha value is -0.630. The zero-order valence-electron chi connectivity index (χ0n) is 10.9. The van der Waals surface area contributed by atoms with Crippen LogP contribution in [0.25, 0.3) is 0 Å². The van der Waals surface area contributed by atoms with Crippen LogP contribution in [0.1, 0.15) is 18.5 Å². The molecule has 4 nitrogen and oxygen atoms in total. The number of nitrogens with two attached hydrogens (primary N) is 1. The Morgan fingerprint density at radius 1 is 1.37 bits per heavy atom. The zero-order chi connectivity index (χ0) is 14.0. The molecular formula is C12H15BrN4S2. The Kier molecular flexibility index (Phi) is 4.83. The van der Waals surface area contributed by atoms with Crippen molar-refractivity contribution in [3.63, 3.8) is 0 Å². The summed E-state index contributed by atoms with van der Waals surface area (Å²) in [5, 5.41) is 9.23. The predicted molar refractivity (Wildman–Crippen MR) is 85.1 cm³/mol. The molecule has 0 spiro atoms. The lowest BCUT2D eigenvalue weighted by atomic mass is 10.1. The number of rotatable bonds is 4. The van der Waals surface area contributed by atoms with Crippen molar-refractivity contribution in [2.75, 3.05) is 19.0 Å². The van der Waals surface area contributed by atoms with E-state index < -0.39 is 0 Å². The van der Waals surface area contributed by atoms with Crippen molar-refractivity contribution in [3.05, 3.63) is 28.2 Å². The Bertz CT molecular complexity index is 569. The molecule has 0 fully saturated rings. The van der Waals surface area contributed by atoms with Crippen molar-refractivity contribution in [3.8, 4) is 0 Å². The van der Waals surface area contributed by atoms with Crippen molar-refractivity contribution in [2.24, 2.45) is 5.73 Å². The van der Waals surface area contributed by atoms with Gasteiger partial charge >= 0.3 is 0 Å². The van der Waals surface area contributed by atoms with Gasteiger partial charge in [-0.1, -0.05) is 39.0 Å². The molecular weight excluding hydrogens is 344 g/mol. The number of benzene rings is 1. The van der Waals surface area contributed by atoms with Crippen LogP contribution in [0.3, 0.4) is 0 Å². The third-order valence-corrected chi connectivity index (χ3v) is 5.16. The molecule has 1 atom stereocenters. The van der Waals surface area contributed by atoms with Gasteiger partial charge in [0.15, 0.2) is 4.34 Å². The van der Waals surface area contributed by atoms with E-state index in [1.54, 1.807) is 23.1 Å². The van der Waals surface area contributed by atoms with Crippen LogP contribution in [0, 0.1) is 0 Å². The largest absolute Gasteiger partial charge is 0.353 e. The minimum Gasteiger partial charge on any atom is -0.353 e. The molecule has 0 radical (unpaired) electrons. The van der Waals surface area contributed by atoms with Crippen molar-refractivity contribution >= 4 is 44.2 Å². The highest BCUT2D eigenvalue weighted by atomic mass is 79.9. The molecule has 1 aromatic carbocycles. The van der Waals surface area contributed by atoms with E-state index in [1.165, 1.54) is 0 Å². The average molecular weight is 359 g/mol.